The van der Waals surface area contributed by atoms with E-state index < -0.39 is 5.91 Å². The van der Waals surface area contributed by atoms with Crippen LogP contribution >= 0.6 is 11.3 Å². The quantitative estimate of drug-likeness (QED) is 0.0766. The maximum Gasteiger partial charge on any atom is 0.319 e. The number of aryl methyl sites for hydroxylation is 3. The van der Waals surface area contributed by atoms with Crippen molar-refractivity contribution in [1.82, 2.24) is 33.1 Å². The number of halogens is 1. The maximum atomic E-state index is 13.4. The number of primary amides is 1. The monoisotopic (exact) mass is 1640 g/mol. The van der Waals surface area contributed by atoms with Crippen LogP contribution in [0.5, 0.6) is 34.5 Å². The van der Waals surface area contributed by atoms with Gasteiger partial charge in [0.15, 0.2) is 0 Å². The van der Waals surface area contributed by atoms with E-state index in [0.29, 0.717) is 45.6 Å². The average molecular weight is 1640 g/mol. The van der Waals surface area contributed by atoms with Gasteiger partial charge in [-0.25, -0.2) is 14.2 Å². The van der Waals surface area contributed by atoms with Crippen molar-refractivity contribution in [2.24, 2.45) is 12.8 Å². The second kappa shape index (κ2) is 37.6. The lowest BCUT2D eigenvalue weighted by atomic mass is 10.0. The maximum absolute atomic E-state index is 13.4. The predicted octanol–water partition coefficient (Wildman–Crippen LogP) is 21.8. The molecule has 23 heteroatoms. The van der Waals surface area contributed by atoms with Gasteiger partial charge in [0, 0.05) is 122 Å². The normalized spacial score (nSPS) is 10.8. The molecule has 0 atom stereocenters. The van der Waals surface area contributed by atoms with Crippen LogP contribution in [0.25, 0.3) is 105 Å². The third-order valence-electron chi connectivity index (χ3n) is 20.2. The number of carbonyl (C=O) groups is 2. The van der Waals surface area contributed by atoms with Gasteiger partial charge < -0.3 is 67.6 Å². The van der Waals surface area contributed by atoms with Crippen LogP contribution in [0, 0.1) is 58.1 Å². The summed E-state index contributed by atoms with van der Waals surface area (Å²) in [6, 6.07) is 86.5. The summed E-state index contributed by atoms with van der Waals surface area (Å²) in [6.07, 6.45) is 5.57. The second-order valence-electron chi connectivity index (χ2n) is 29.1. The van der Waals surface area contributed by atoms with E-state index >= 15 is 0 Å². The number of para-hydroxylation sites is 1. The van der Waals surface area contributed by atoms with Crippen LogP contribution in [0.15, 0.2) is 273 Å². The average Bonchev–Trinajstić information content (AvgIpc) is 1.59. The Balaban J connectivity index is 0.000000133. The number of fused-ring (bicyclic) bond motifs is 5. The number of hydrogen-bond donors (Lipinski definition) is 3. The largest absolute Gasteiger partial charge is 0.497 e. The molecule has 608 valence electrons. The van der Waals surface area contributed by atoms with Crippen molar-refractivity contribution in [3.63, 3.8) is 0 Å². The van der Waals surface area contributed by atoms with Gasteiger partial charge in [-0.15, -0.1) is 11.3 Å². The zero-order valence-electron chi connectivity index (χ0n) is 69.0. The summed E-state index contributed by atoms with van der Waals surface area (Å²) in [5.74, 6) is 3.89. The number of aromatic nitrogens is 6. The van der Waals surface area contributed by atoms with E-state index in [1.165, 1.54) is 17.7 Å². The number of benzene rings is 11. The summed E-state index contributed by atoms with van der Waals surface area (Å²) in [5.41, 5.74) is 23.0. The molecule has 0 saturated heterocycles. The van der Waals surface area contributed by atoms with Crippen molar-refractivity contribution in [3.8, 4) is 109 Å². The summed E-state index contributed by atoms with van der Waals surface area (Å²) >= 11 is 1.60. The first-order valence-corrected chi connectivity index (χ1v) is 39.6. The summed E-state index contributed by atoms with van der Waals surface area (Å²) in [4.78, 5) is 28.8. The predicted molar refractivity (Wildman–Crippen MR) is 480 cm³/mol. The number of methoxy groups -OCH3 is 5. The molecule has 0 unspecified atom stereocenters. The second-order valence-corrected chi connectivity index (χ2v) is 29.9. The molecule has 0 saturated carbocycles. The molecule has 0 radical (unpaired) electrons. The van der Waals surface area contributed by atoms with E-state index in [9.17, 15) is 35.0 Å². The Hall–Kier alpha value is -15.8. The fourth-order valence-electron chi connectivity index (χ4n) is 14.3. The summed E-state index contributed by atoms with van der Waals surface area (Å²) in [6.45, 7) is 11.0. The van der Waals surface area contributed by atoms with Crippen LogP contribution in [-0.2, 0) is 20.2 Å². The lowest BCUT2D eigenvalue weighted by Gasteiger charge is -2.20. The molecule has 0 aliphatic heterocycles. The van der Waals surface area contributed by atoms with Gasteiger partial charge in [-0.2, -0.15) is 21.0 Å². The van der Waals surface area contributed by atoms with Gasteiger partial charge in [-0.05, 0) is 204 Å². The van der Waals surface area contributed by atoms with E-state index in [4.69, 9.17) is 39.1 Å². The Kier molecular flexibility index (Phi) is 25.9. The number of anilines is 1. The molecular weight excluding hydrogens is 1550 g/mol. The topological polar surface area (TPSA) is 272 Å². The number of nitrogens with zero attached hydrogens (tertiary/aromatic N) is 10. The fourth-order valence-corrected chi connectivity index (χ4v) is 15.2. The molecule has 6 heterocycles. The van der Waals surface area contributed by atoms with E-state index in [2.05, 4.69) is 98.3 Å². The number of amides is 3. The molecule has 4 N–H and O–H groups in total. The van der Waals surface area contributed by atoms with Crippen LogP contribution in [-0.4, -0.2) is 80.8 Å². The van der Waals surface area contributed by atoms with Gasteiger partial charge in [-0.1, -0.05) is 78.4 Å². The molecule has 122 heavy (non-hydrogen) atoms. The minimum absolute atomic E-state index is 0.273. The van der Waals surface area contributed by atoms with Gasteiger partial charge >= 0.3 is 6.03 Å². The number of nitriles is 4. The van der Waals surface area contributed by atoms with Crippen molar-refractivity contribution in [2.75, 3.05) is 40.9 Å². The highest BCUT2D eigenvalue weighted by atomic mass is 32.1. The van der Waals surface area contributed by atoms with Crippen LogP contribution < -0.4 is 44.8 Å². The standard InChI is InChI=1S/C25H19N3O2S.C21H22N4O2.C19H18N2O2.C18H16N2O.C16H11FN2O/c1-30-19-10-8-18(9-11-19)28-14-21(20-12-7-17(24(26)29)13-23(20)28)25-27-22(15-31-25)16-5-3-2-4-6-16;1-21(2,3)24-20(26)23-15-5-10-18-14(12-22)13-25(19(18)11-15)16-6-8-17(27-4)9-7-16;1-3-21-18-11-15(22-2)9-10-16(18)17(12-20)19(21)13-23-14-7-5-4-6-8-14;1-12-5-4-6-13(9-12)18-16(11-19)15-8-7-14(21-3)10-17(15)20(18)2;1-20-14-5-3-13(4-6-14)19-10-11(9-18)15-7-2-12(17)8-16(15)19/h2-15H,1H3,(H2,26,29);5-11,13H,1-4H3,(H2,23,24,26);4-11H,3,13H2,1-2H3;4-10H,1-3H3;2-8,10H,1H3. The van der Waals surface area contributed by atoms with Gasteiger partial charge in [0.1, 0.15) is 76.2 Å². The molecule has 21 nitrogen and oxygen atoms in total. The number of hydrogen-bond acceptors (Lipinski definition) is 14. The highest BCUT2D eigenvalue weighted by Crippen LogP contribution is 2.40. The van der Waals surface area contributed by atoms with Crippen molar-refractivity contribution >= 4 is 83.5 Å². The molecule has 3 amide bonds. The molecular formula is C99H86FN13O8S. The SMILES string of the molecule is CCn1c(COc2ccccc2)c(C#N)c2ccc(OC)cc21.COc1ccc(-n2cc(-c3nc(-c4ccccc4)cs3)c3ccc(C(N)=O)cc32)cc1.COc1ccc(-n2cc(C#N)c3ccc(F)cc32)cc1.COc1ccc(-n2cc(C#N)c3ccc(NC(=O)NC(C)(C)C)cc32)cc1.COc1ccc2c(C#N)c(-c3cccc(C)c3)n(C)c2c1. The molecule has 0 fully saturated rings. The van der Waals surface area contributed by atoms with Crippen molar-refractivity contribution in [1.29, 1.82) is 21.0 Å². The number of nitrogens with two attached hydrogens (primary N) is 1. The molecule has 17 aromatic rings. The molecule has 0 spiro atoms. The zero-order valence-corrected chi connectivity index (χ0v) is 69.8. The smallest absolute Gasteiger partial charge is 0.319 e. The lowest BCUT2D eigenvalue weighted by Crippen LogP contribution is -2.43. The van der Waals surface area contributed by atoms with E-state index in [-0.39, 0.29) is 17.4 Å². The van der Waals surface area contributed by atoms with Crippen LogP contribution in [0.3, 0.4) is 0 Å². The Bertz CT molecular complexity index is 6850. The van der Waals surface area contributed by atoms with Gasteiger partial charge in [-0.3, -0.25) is 4.79 Å². The Morgan fingerprint density at radius 3 is 1.52 bits per heavy atom. The van der Waals surface area contributed by atoms with E-state index in [1.807, 2.05) is 227 Å². The molecule has 17 rings (SSSR count). The summed E-state index contributed by atoms with van der Waals surface area (Å²) < 4.78 is 55.5. The highest BCUT2D eigenvalue weighted by molar-refractivity contribution is 7.13. The first-order chi connectivity index (χ1) is 59.1. The van der Waals surface area contributed by atoms with Gasteiger partial charge in [0.2, 0.25) is 5.91 Å². The minimum atomic E-state index is -0.452. The Morgan fingerprint density at radius 2 is 0.992 bits per heavy atom. The Labute approximate surface area is 709 Å². The number of urea groups is 1. The summed E-state index contributed by atoms with van der Waals surface area (Å²) in [7, 11) is 10.1. The molecule has 0 bridgehead atoms. The van der Waals surface area contributed by atoms with E-state index in [0.717, 1.165) is 146 Å². The minimum Gasteiger partial charge on any atom is -0.497 e. The van der Waals surface area contributed by atoms with Crippen molar-refractivity contribution in [2.45, 2.75) is 53.3 Å². The molecule has 11 aromatic carbocycles. The third-order valence-corrected chi connectivity index (χ3v) is 21.1. The third kappa shape index (κ3) is 18.6. The van der Waals surface area contributed by atoms with Crippen molar-refractivity contribution < 1.29 is 42.4 Å². The van der Waals surface area contributed by atoms with Gasteiger partial charge in [0.25, 0.3) is 0 Å². The molecule has 0 aliphatic carbocycles. The van der Waals surface area contributed by atoms with Gasteiger partial charge in [0.05, 0.1) is 102 Å². The van der Waals surface area contributed by atoms with E-state index in [1.54, 1.807) is 82.0 Å². The molecule has 0 aliphatic rings. The Morgan fingerprint density at radius 1 is 0.500 bits per heavy atom. The number of rotatable bonds is 17. The summed E-state index contributed by atoms with van der Waals surface area (Å²) in [5, 5.41) is 51.0. The fraction of sp³-hybridized carbons (Fsp3) is 0.141. The number of nitrogens with one attached hydrogen (secondary N) is 2. The first kappa shape index (κ1) is 84.1. The number of thiazole rings is 1. The van der Waals surface area contributed by atoms with Crippen LogP contribution in [0.2, 0.25) is 0 Å². The first-order valence-electron chi connectivity index (χ1n) is 38.8. The lowest BCUT2D eigenvalue weighted by molar-refractivity contribution is 0.1000. The highest BCUT2D eigenvalue weighted by Gasteiger charge is 2.23. The molecule has 6 aromatic heterocycles. The zero-order chi connectivity index (χ0) is 86.3. The number of ether oxygens (including phenoxy) is 6. The number of carbonyl (C=O) groups excluding carboxylic acids is 2. The van der Waals surface area contributed by atoms with Crippen molar-refractivity contribution in [3.05, 3.63) is 318 Å². The van der Waals surface area contributed by atoms with Crippen LogP contribution in [0.4, 0.5) is 14.9 Å². The van der Waals surface area contributed by atoms with Crippen LogP contribution in [0.1, 0.15) is 71.6 Å².